The van der Waals surface area contributed by atoms with E-state index < -0.39 is 5.41 Å². The highest BCUT2D eigenvalue weighted by atomic mass is 16.5. The minimum Gasteiger partial charge on any atom is -0.339 e. The molecule has 0 aliphatic heterocycles. The Morgan fingerprint density at radius 2 is 2.00 bits per heavy atom. The average molecular weight is 273 g/mol. The molecular formula is C15H19N3O2. The van der Waals surface area contributed by atoms with E-state index >= 15 is 0 Å². The highest BCUT2D eigenvalue weighted by Crippen LogP contribution is 2.22. The van der Waals surface area contributed by atoms with Crippen LogP contribution in [0.2, 0.25) is 0 Å². The highest BCUT2D eigenvalue weighted by molar-refractivity contribution is 5.95. The molecule has 0 saturated carbocycles. The monoisotopic (exact) mass is 273 g/mol. The Labute approximate surface area is 118 Å². The van der Waals surface area contributed by atoms with Gasteiger partial charge in [0.25, 0.3) is 0 Å². The van der Waals surface area contributed by atoms with E-state index in [4.69, 9.17) is 4.52 Å². The lowest BCUT2D eigenvalue weighted by Crippen LogP contribution is -2.28. The van der Waals surface area contributed by atoms with Crippen LogP contribution in [-0.2, 0) is 11.2 Å². The quantitative estimate of drug-likeness (QED) is 0.933. The zero-order chi connectivity index (χ0) is 14.8. The lowest BCUT2D eigenvalue weighted by Gasteiger charge is -2.19. The average Bonchev–Trinajstić information content (AvgIpc) is 2.76. The summed E-state index contributed by atoms with van der Waals surface area (Å²) in [6, 6.07) is 7.63. The molecule has 5 nitrogen and oxygen atoms in total. The SMILES string of the molecule is Cc1noc(Cc2ccccc2NC(=O)C(C)(C)C)n1. The summed E-state index contributed by atoms with van der Waals surface area (Å²) in [7, 11) is 0. The van der Waals surface area contributed by atoms with Gasteiger partial charge in [0.15, 0.2) is 5.82 Å². The van der Waals surface area contributed by atoms with Gasteiger partial charge in [-0.05, 0) is 18.6 Å². The molecule has 1 aromatic carbocycles. The molecule has 2 aromatic rings. The minimum absolute atomic E-state index is 0.0216. The summed E-state index contributed by atoms with van der Waals surface area (Å²) in [5, 5.41) is 6.72. The fraction of sp³-hybridized carbons (Fsp3) is 0.400. The molecule has 0 atom stereocenters. The third-order valence-corrected chi connectivity index (χ3v) is 2.86. The topological polar surface area (TPSA) is 68.0 Å². The lowest BCUT2D eigenvalue weighted by molar-refractivity contribution is -0.123. The maximum absolute atomic E-state index is 12.1. The summed E-state index contributed by atoms with van der Waals surface area (Å²) in [6.45, 7) is 7.42. The van der Waals surface area contributed by atoms with Crippen LogP contribution in [0.4, 0.5) is 5.69 Å². The van der Waals surface area contributed by atoms with Gasteiger partial charge in [0.05, 0.1) is 6.42 Å². The van der Waals surface area contributed by atoms with E-state index in [2.05, 4.69) is 15.5 Å². The normalized spacial score (nSPS) is 11.4. The second-order valence-corrected chi connectivity index (χ2v) is 5.77. The van der Waals surface area contributed by atoms with Gasteiger partial charge in [0.1, 0.15) is 0 Å². The zero-order valence-electron chi connectivity index (χ0n) is 12.2. The second-order valence-electron chi connectivity index (χ2n) is 5.77. The molecule has 0 radical (unpaired) electrons. The van der Waals surface area contributed by atoms with E-state index in [1.54, 1.807) is 6.92 Å². The molecule has 5 heteroatoms. The molecule has 0 spiro atoms. The number of aryl methyl sites for hydroxylation is 1. The molecule has 0 aliphatic rings. The van der Waals surface area contributed by atoms with Gasteiger partial charge in [0, 0.05) is 11.1 Å². The Balaban J connectivity index is 2.20. The molecule has 1 amide bonds. The van der Waals surface area contributed by atoms with Gasteiger partial charge in [-0.25, -0.2) is 0 Å². The van der Waals surface area contributed by atoms with E-state index in [-0.39, 0.29) is 5.91 Å². The van der Waals surface area contributed by atoms with Crippen molar-refractivity contribution in [1.82, 2.24) is 10.1 Å². The number of hydrogen-bond acceptors (Lipinski definition) is 4. The first-order chi connectivity index (χ1) is 9.36. The van der Waals surface area contributed by atoms with Gasteiger partial charge in [-0.15, -0.1) is 0 Å². The number of nitrogens with one attached hydrogen (secondary N) is 1. The molecule has 1 heterocycles. The first-order valence-electron chi connectivity index (χ1n) is 6.55. The Morgan fingerprint density at radius 1 is 1.30 bits per heavy atom. The third kappa shape index (κ3) is 3.44. The molecule has 1 aromatic heterocycles. The summed E-state index contributed by atoms with van der Waals surface area (Å²) < 4.78 is 5.12. The summed E-state index contributed by atoms with van der Waals surface area (Å²) in [5.74, 6) is 1.13. The number of benzene rings is 1. The Kier molecular flexibility index (Phi) is 3.88. The van der Waals surface area contributed by atoms with E-state index in [0.29, 0.717) is 18.1 Å². The number of rotatable bonds is 3. The van der Waals surface area contributed by atoms with Crippen LogP contribution in [0, 0.1) is 12.3 Å². The molecule has 0 aliphatic carbocycles. The van der Waals surface area contributed by atoms with Crippen LogP contribution >= 0.6 is 0 Å². The molecule has 0 fully saturated rings. The number of para-hydroxylation sites is 1. The fourth-order valence-electron chi connectivity index (χ4n) is 1.68. The van der Waals surface area contributed by atoms with Gasteiger partial charge in [-0.2, -0.15) is 4.98 Å². The van der Waals surface area contributed by atoms with Crippen LogP contribution in [0.1, 0.15) is 38.0 Å². The van der Waals surface area contributed by atoms with Crippen molar-refractivity contribution in [3.05, 3.63) is 41.5 Å². The number of anilines is 1. The summed E-state index contributed by atoms with van der Waals surface area (Å²) in [6.07, 6.45) is 0.501. The van der Waals surface area contributed by atoms with Crippen molar-refractivity contribution in [2.45, 2.75) is 34.1 Å². The van der Waals surface area contributed by atoms with Crippen LogP contribution in [0.3, 0.4) is 0 Å². The molecule has 0 bridgehead atoms. The van der Waals surface area contributed by atoms with Gasteiger partial charge >= 0.3 is 0 Å². The molecular weight excluding hydrogens is 254 g/mol. The summed E-state index contributed by atoms with van der Waals surface area (Å²) in [4.78, 5) is 16.3. The Hall–Kier alpha value is -2.17. The number of nitrogens with zero attached hydrogens (tertiary/aromatic N) is 2. The Morgan fingerprint density at radius 3 is 2.60 bits per heavy atom. The standard InChI is InChI=1S/C15H19N3O2/c1-10-16-13(20-18-10)9-11-7-5-6-8-12(11)17-14(19)15(2,3)4/h5-8H,9H2,1-4H3,(H,17,19). The largest absolute Gasteiger partial charge is 0.339 e. The van der Waals surface area contributed by atoms with Gasteiger partial charge < -0.3 is 9.84 Å². The molecule has 1 N–H and O–H groups in total. The van der Waals surface area contributed by atoms with E-state index in [1.807, 2.05) is 45.0 Å². The number of hydrogen-bond donors (Lipinski definition) is 1. The zero-order valence-corrected chi connectivity index (χ0v) is 12.2. The van der Waals surface area contributed by atoms with E-state index in [9.17, 15) is 4.79 Å². The Bertz CT molecular complexity index is 612. The smallest absolute Gasteiger partial charge is 0.231 e. The van der Waals surface area contributed by atoms with Crippen molar-refractivity contribution < 1.29 is 9.32 Å². The lowest BCUT2D eigenvalue weighted by atomic mass is 9.95. The number of amides is 1. The van der Waals surface area contributed by atoms with E-state index in [0.717, 1.165) is 11.3 Å². The van der Waals surface area contributed by atoms with Gasteiger partial charge in [0.2, 0.25) is 11.8 Å². The predicted molar refractivity (Wildman–Crippen MR) is 76.4 cm³/mol. The van der Waals surface area contributed by atoms with Crippen LogP contribution < -0.4 is 5.32 Å². The number of aromatic nitrogens is 2. The minimum atomic E-state index is -0.436. The fourth-order valence-corrected chi connectivity index (χ4v) is 1.68. The first-order valence-corrected chi connectivity index (χ1v) is 6.55. The van der Waals surface area contributed by atoms with Crippen molar-refractivity contribution in [1.29, 1.82) is 0 Å². The maximum Gasteiger partial charge on any atom is 0.231 e. The molecule has 0 saturated heterocycles. The third-order valence-electron chi connectivity index (χ3n) is 2.86. The predicted octanol–water partition coefficient (Wildman–Crippen LogP) is 2.95. The molecule has 106 valence electrons. The van der Waals surface area contributed by atoms with Crippen molar-refractivity contribution in [3.63, 3.8) is 0 Å². The maximum atomic E-state index is 12.1. The van der Waals surface area contributed by atoms with Crippen molar-refractivity contribution >= 4 is 11.6 Å². The molecule has 0 unspecified atom stereocenters. The van der Waals surface area contributed by atoms with Crippen LogP contribution in [-0.4, -0.2) is 16.0 Å². The summed E-state index contributed by atoms with van der Waals surface area (Å²) in [5.41, 5.74) is 1.30. The summed E-state index contributed by atoms with van der Waals surface area (Å²) >= 11 is 0. The van der Waals surface area contributed by atoms with Crippen molar-refractivity contribution in [3.8, 4) is 0 Å². The van der Waals surface area contributed by atoms with Crippen molar-refractivity contribution in [2.75, 3.05) is 5.32 Å². The van der Waals surface area contributed by atoms with Crippen molar-refractivity contribution in [2.24, 2.45) is 5.41 Å². The first kappa shape index (κ1) is 14.2. The van der Waals surface area contributed by atoms with Crippen LogP contribution in [0.15, 0.2) is 28.8 Å². The van der Waals surface area contributed by atoms with E-state index in [1.165, 1.54) is 0 Å². The highest BCUT2D eigenvalue weighted by Gasteiger charge is 2.22. The number of carbonyl (C=O) groups excluding carboxylic acids is 1. The second kappa shape index (κ2) is 5.45. The van der Waals surface area contributed by atoms with Crippen LogP contribution in [0.5, 0.6) is 0 Å². The molecule has 20 heavy (non-hydrogen) atoms. The molecule has 2 rings (SSSR count). The van der Waals surface area contributed by atoms with Gasteiger partial charge in [-0.3, -0.25) is 4.79 Å². The van der Waals surface area contributed by atoms with Crippen LogP contribution in [0.25, 0.3) is 0 Å². The van der Waals surface area contributed by atoms with Gasteiger partial charge in [-0.1, -0.05) is 44.1 Å². The number of carbonyl (C=O) groups is 1.